The molecule has 5 heteroatoms. The maximum atomic E-state index is 11.8. The zero-order chi connectivity index (χ0) is 15.2. The van der Waals surface area contributed by atoms with Crippen LogP contribution < -0.4 is 11.1 Å². The lowest BCUT2D eigenvalue weighted by Crippen LogP contribution is -2.26. The molecule has 0 unspecified atom stereocenters. The second-order valence-corrected chi connectivity index (χ2v) is 5.35. The predicted octanol–water partition coefficient (Wildman–Crippen LogP) is 2.35. The van der Waals surface area contributed by atoms with Gasteiger partial charge in [-0.3, -0.25) is 4.79 Å². The molecule has 0 aromatic heterocycles. The largest absolute Gasteiger partial charge is 0.397 e. The fraction of sp³-hybridized carbons (Fsp3) is 0.533. The van der Waals surface area contributed by atoms with E-state index in [0.717, 1.165) is 12.0 Å². The molecule has 1 aromatic rings. The van der Waals surface area contributed by atoms with Crippen LogP contribution in [0.5, 0.6) is 0 Å². The number of ether oxygens (including phenoxy) is 2. The zero-order valence-corrected chi connectivity index (χ0v) is 12.7. The van der Waals surface area contributed by atoms with Crippen molar-refractivity contribution in [2.45, 2.75) is 32.8 Å². The summed E-state index contributed by atoms with van der Waals surface area (Å²) in [6.07, 6.45) is 0.725. The molecule has 1 amide bonds. The van der Waals surface area contributed by atoms with Gasteiger partial charge in [0.1, 0.15) is 6.61 Å². The molecule has 3 N–H and O–H groups in total. The first-order chi connectivity index (χ1) is 9.35. The van der Waals surface area contributed by atoms with Crippen LogP contribution in [0.3, 0.4) is 0 Å². The molecular formula is C15H24N2O3. The lowest BCUT2D eigenvalue weighted by molar-refractivity contribution is -0.121. The van der Waals surface area contributed by atoms with Crippen LogP contribution in [-0.4, -0.2) is 31.8 Å². The lowest BCUT2D eigenvalue weighted by atomic mass is 10.1. The Kier molecular flexibility index (Phi) is 5.98. The minimum Gasteiger partial charge on any atom is -0.397 e. The summed E-state index contributed by atoms with van der Waals surface area (Å²) >= 11 is 0. The van der Waals surface area contributed by atoms with Crippen LogP contribution in [0.1, 0.15) is 25.8 Å². The summed E-state index contributed by atoms with van der Waals surface area (Å²) in [5, 5.41) is 2.77. The highest BCUT2D eigenvalue weighted by Gasteiger charge is 2.16. The fourth-order valence-electron chi connectivity index (χ4n) is 1.62. The van der Waals surface area contributed by atoms with Crippen LogP contribution in [-0.2, 0) is 14.3 Å². The van der Waals surface area contributed by atoms with Crippen LogP contribution in [0, 0.1) is 6.92 Å². The molecule has 0 saturated heterocycles. The molecule has 0 heterocycles. The Morgan fingerprint density at radius 2 is 2.10 bits per heavy atom. The quantitative estimate of drug-likeness (QED) is 0.594. The number of carbonyl (C=O) groups excluding carboxylic acids is 1. The number of anilines is 2. The van der Waals surface area contributed by atoms with Gasteiger partial charge in [0.05, 0.1) is 17.0 Å². The van der Waals surface area contributed by atoms with E-state index in [9.17, 15) is 4.79 Å². The van der Waals surface area contributed by atoms with Gasteiger partial charge < -0.3 is 20.5 Å². The van der Waals surface area contributed by atoms with E-state index in [1.54, 1.807) is 13.2 Å². The third kappa shape index (κ3) is 5.19. The summed E-state index contributed by atoms with van der Waals surface area (Å²) < 4.78 is 10.6. The highest BCUT2D eigenvalue weighted by molar-refractivity contribution is 5.95. The molecule has 0 aliphatic rings. The van der Waals surface area contributed by atoms with E-state index >= 15 is 0 Å². The summed E-state index contributed by atoms with van der Waals surface area (Å²) in [5.74, 6) is -0.207. The van der Waals surface area contributed by atoms with Crippen molar-refractivity contribution in [1.29, 1.82) is 0 Å². The summed E-state index contributed by atoms with van der Waals surface area (Å²) in [6.45, 7) is 6.33. The Labute approximate surface area is 120 Å². The lowest BCUT2D eigenvalue weighted by Gasteiger charge is -2.22. The zero-order valence-electron chi connectivity index (χ0n) is 12.7. The van der Waals surface area contributed by atoms with Gasteiger partial charge >= 0.3 is 0 Å². The van der Waals surface area contributed by atoms with E-state index in [4.69, 9.17) is 15.2 Å². The van der Waals surface area contributed by atoms with E-state index in [-0.39, 0.29) is 18.1 Å². The number of aryl methyl sites for hydroxylation is 1. The molecule has 20 heavy (non-hydrogen) atoms. The monoisotopic (exact) mass is 280 g/mol. The first kappa shape index (κ1) is 16.5. The summed E-state index contributed by atoms with van der Waals surface area (Å²) in [7, 11) is 1.66. The number of amides is 1. The van der Waals surface area contributed by atoms with Crippen LogP contribution in [0.2, 0.25) is 0 Å². The second-order valence-electron chi connectivity index (χ2n) is 5.35. The summed E-state index contributed by atoms with van der Waals surface area (Å²) in [4.78, 5) is 11.8. The minimum atomic E-state index is -0.239. The van der Waals surface area contributed by atoms with E-state index < -0.39 is 0 Å². The molecule has 112 valence electrons. The van der Waals surface area contributed by atoms with Crippen molar-refractivity contribution in [1.82, 2.24) is 0 Å². The van der Waals surface area contributed by atoms with Crippen LogP contribution in [0.4, 0.5) is 11.4 Å². The van der Waals surface area contributed by atoms with Crippen molar-refractivity contribution in [2.24, 2.45) is 0 Å². The average Bonchev–Trinajstić information content (AvgIpc) is 2.39. The van der Waals surface area contributed by atoms with Gasteiger partial charge in [0.15, 0.2) is 0 Å². The number of nitrogens with two attached hydrogens (primary N) is 1. The SMILES string of the molecule is COC(C)(C)CCOCC(=O)Nc1c(C)cccc1N. The molecule has 0 spiro atoms. The van der Waals surface area contributed by atoms with Gasteiger partial charge in [0.25, 0.3) is 0 Å². The number of nitrogens with one attached hydrogen (secondary N) is 1. The number of methoxy groups -OCH3 is 1. The Balaban J connectivity index is 2.38. The highest BCUT2D eigenvalue weighted by atomic mass is 16.5. The third-order valence-corrected chi connectivity index (χ3v) is 3.20. The molecule has 1 rings (SSSR count). The molecule has 0 saturated carbocycles. The van der Waals surface area contributed by atoms with Crippen molar-refractivity contribution in [3.63, 3.8) is 0 Å². The Morgan fingerprint density at radius 1 is 1.40 bits per heavy atom. The molecule has 0 aliphatic carbocycles. The number of para-hydroxylation sites is 1. The molecule has 0 atom stereocenters. The molecule has 0 radical (unpaired) electrons. The molecule has 5 nitrogen and oxygen atoms in total. The predicted molar refractivity (Wildman–Crippen MR) is 80.7 cm³/mol. The van der Waals surface area contributed by atoms with E-state index in [0.29, 0.717) is 18.0 Å². The van der Waals surface area contributed by atoms with Crippen molar-refractivity contribution in [2.75, 3.05) is 31.4 Å². The van der Waals surface area contributed by atoms with Gasteiger partial charge in [0, 0.05) is 13.7 Å². The number of hydrogen-bond donors (Lipinski definition) is 2. The number of benzene rings is 1. The highest BCUT2D eigenvalue weighted by Crippen LogP contribution is 2.22. The van der Waals surface area contributed by atoms with Gasteiger partial charge in [-0.05, 0) is 38.8 Å². The number of nitrogen functional groups attached to an aromatic ring is 1. The molecule has 0 fully saturated rings. The number of carbonyl (C=O) groups is 1. The van der Waals surface area contributed by atoms with Gasteiger partial charge in [-0.1, -0.05) is 12.1 Å². The Bertz CT molecular complexity index is 438. The topological polar surface area (TPSA) is 73.6 Å². The smallest absolute Gasteiger partial charge is 0.250 e. The van der Waals surface area contributed by atoms with Crippen LogP contribution in [0.25, 0.3) is 0 Å². The van der Waals surface area contributed by atoms with Gasteiger partial charge in [-0.15, -0.1) is 0 Å². The van der Waals surface area contributed by atoms with Crippen molar-refractivity contribution in [3.05, 3.63) is 23.8 Å². The van der Waals surface area contributed by atoms with Crippen molar-refractivity contribution >= 4 is 17.3 Å². The van der Waals surface area contributed by atoms with Gasteiger partial charge in [-0.25, -0.2) is 0 Å². The molecular weight excluding hydrogens is 256 g/mol. The van der Waals surface area contributed by atoms with E-state index in [1.807, 2.05) is 32.9 Å². The molecule has 0 aliphatic heterocycles. The van der Waals surface area contributed by atoms with Crippen molar-refractivity contribution < 1.29 is 14.3 Å². The first-order valence-electron chi connectivity index (χ1n) is 6.63. The van der Waals surface area contributed by atoms with Gasteiger partial charge in [0.2, 0.25) is 5.91 Å². The standard InChI is InChI=1S/C15H24N2O3/c1-11-6-5-7-12(16)14(11)17-13(18)10-20-9-8-15(2,3)19-4/h5-7H,8-10,16H2,1-4H3,(H,17,18). The summed E-state index contributed by atoms with van der Waals surface area (Å²) in [6, 6.07) is 5.50. The van der Waals surface area contributed by atoms with E-state index in [1.165, 1.54) is 0 Å². The average molecular weight is 280 g/mol. The number of hydrogen-bond acceptors (Lipinski definition) is 4. The first-order valence-corrected chi connectivity index (χ1v) is 6.63. The number of rotatable bonds is 7. The maximum absolute atomic E-state index is 11.8. The molecule has 0 bridgehead atoms. The molecule has 1 aromatic carbocycles. The third-order valence-electron chi connectivity index (χ3n) is 3.20. The van der Waals surface area contributed by atoms with Crippen molar-refractivity contribution in [3.8, 4) is 0 Å². The van der Waals surface area contributed by atoms with Gasteiger partial charge in [-0.2, -0.15) is 0 Å². The minimum absolute atomic E-state index is 0.00751. The Morgan fingerprint density at radius 3 is 2.70 bits per heavy atom. The van der Waals surface area contributed by atoms with Crippen LogP contribution >= 0.6 is 0 Å². The summed E-state index contributed by atoms with van der Waals surface area (Å²) in [5.41, 5.74) is 7.72. The van der Waals surface area contributed by atoms with Crippen LogP contribution in [0.15, 0.2) is 18.2 Å². The van der Waals surface area contributed by atoms with E-state index in [2.05, 4.69) is 5.32 Å². The Hall–Kier alpha value is -1.59. The normalized spacial score (nSPS) is 11.4. The second kappa shape index (κ2) is 7.26. The maximum Gasteiger partial charge on any atom is 0.250 e. The fourth-order valence-corrected chi connectivity index (χ4v) is 1.62.